The van der Waals surface area contributed by atoms with Crippen molar-refractivity contribution in [1.82, 2.24) is 0 Å². The van der Waals surface area contributed by atoms with Gasteiger partial charge >= 0.3 is 0 Å². The van der Waals surface area contributed by atoms with Gasteiger partial charge in [-0.1, -0.05) is 24.3 Å². The first kappa shape index (κ1) is 20.8. The third-order valence-corrected chi connectivity index (χ3v) is 4.86. The summed E-state index contributed by atoms with van der Waals surface area (Å²) >= 11 is 0. The molecule has 4 rings (SSSR count). The zero-order valence-corrected chi connectivity index (χ0v) is 17.3. The summed E-state index contributed by atoms with van der Waals surface area (Å²) in [4.78, 5) is 12.3. The Morgan fingerprint density at radius 2 is 1.68 bits per heavy atom. The van der Waals surface area contributed by atoms with E-state index in [1.165, 1.54) is 0 Å². The number of anilines is 2. The van der Waals surface area contributed by atoms with Crippen LogP contribution in [0.3, 0.4) is 0 Å². The molecule has 0 spiro atoms. The Morgan fingerprint density at radius 3 is 2.45 bits per heavy atom. The zero-order valence-electron chi connectivity index (χ0n) is 17.3. The molecule has 1 unspecified atom stereocenters. The van der Waals surface area contributed by atoms with Crippen LogP contribution in [0.1, 0.15) is 12.8 Å². The van der Waals surface area contributed by atoms with E-state index in [0.29, 0.717) is 12.3 Å². The van der Waals surface area contributed by atoms with Crippen LogP contribution < -0.4 is 20.1 Å². The van der Waals surface area contributed by atoms with E-state index in [1.54, 1.807) is 0 Å². The summed E-state index contributed by atoms with van der Waals surface area (Å²) in [6.07, 6.45) is 2.27. The molecule has 1 saturated heterocycles. The van der Waals surface area contributed by atoms with Crippen molar-refractivity contribution in [3.05, 3.63) is 78.9 Å². The van der Waals surface area contributed by atoms with Crippen LogP contribution in [-0.4, -0.2) is 31.8 Å². The number of hydrogen-bond donors (Lipinski definition) is 2. The van der Waals surface area contributed by atoms with Gasteiger partial charge < -0.3 is 24.8 Å². The zero-order chi connectivity index (χ0) is 21.3. The summed E-state index contributed by atoms with van der Waals surface area (Å²) in [5.74, 6) is 2.10. The number of ether oxygens (including phenoxy) is 3. The van der Waals surface area contributed by atoms with Crippen LogP contribution in [0.15, 0.2) is 78.9 Å². The third kappa shape index (κ3) is 6.49. The van der Waals surface area contributed by atoms with Crippen LogP contribution >= 0.6 is 0 Å². The number of carbonyl (C=O) groups excluding carboxylic acids is 1. The monoisotopic (exact) mass is 418 g/mol. The van der Waals surface area contributed by atoms with Crippen molar-refractivity contribution in [2.75, 3.05) is 30.4 Å². The highest BCUT2D eigenvalue weighted by Gasteiger charge is 2.16. The van der Waals surface area contributed by atoms with Crippen molar-refractivity contribution in [2.45, 2.75) is 18.9 Å². The van der Waals surface area contributed by atoms with Crippen molar-refractivity contribution in [3.63, 3.8) is 0 Å². The van der Waals surface area contributed by atoms with Crippen molar-refractivity contribution >= 4 is 17.3 Å². The molecule has 0 bridgehead atoms. The number of para-hydroxylation sites is 1. The summed E-state index contributed by atoms with van der Waals surface area (Å²) in [5, 5.41) is 6.00. The Hall–Kier alpha value is -3.51. The summed E-state index contributed by atoms with van der Waals surface area (Å²) in [7, 11) is 0. The minimum atomic E-state index is -0.138. The van der Waals surface area contributed by atoms with Gasteiger partial charge in [0.15, 0.2) is 0 Å². The average molecular weight is 418 g/mol. The fourth-order valence-electron chi connectivity index (χ4n) is 3.28. The molecule has 1 heterocycles. The summed E-state index contributed by atoms with van der Waals surface area (Å²) in [6.45, 7) is 1.49. The Labute approximate surface area is 182 Å². The molecule has 0 saturated carbocycles. The number of carbonyl (C=O) groups is 1. The Bertz CT molecular complexity index is 970. The minimum Gasteiger partial charge on any atom is -0.491 e. The molecule has 0 radical (unpaired) electrons. The number of hydrogen-bond acceptors (Lipinski definition) is 5. The highest BCUT2D eigenvalue weighted by atomic mass is 16.5. The van der Waals surface area contributed by atoms with E-state index in [-0.39, 0.29) is 18.6 Å². The molecule has 1 atom stereocenters. The van der Waals surface area contributed by atoms with Crippen LogP contribution in [0.4, 0.5) is 11.4 Å². The quantitative estimate of drug-likeness (QED) is 0.507. The summed E-state index contributed by atoms with van der Waals surface area (Å²) < 4.78 is 17.1. The van der Waals surface area contributed by atoms with Crippen LogP contribution in [-0.2, 0) is 9.53 Å². The Kier molecular flexibility index (Phi) is 7.03. The summed E-state index contributed by atoms with van der Waals surface area (Å²) in [6, 6.07) is 24.5. The second-order valence-corrected chi connectivity index (χ2v) is 7.32. The molecule has 3 aromatic rings. The van der Waals surface area contributed by atoms with E-state index in [4.69, 9.17) is 14.2 Å². The highest BCUT2D eigenvalue weighted by molar-refractivity contribution is 5.93. The summed E-state index contributed by atoms with van der Waals surface area (Å²) in [5.41, 5.74) is 1.53. The molecule has 3 aromatic carbocycles. The van der Waals surface area contributed by atoms with Crippen LogP contribution in [0.2, 0.25) is 0 Å². The molecular weight excluding hydrogens is 392 g/mol. The number of amides is 1. The standard InChI is InChI=1S/C25H26N2O4/c28-25(27-20-6-4-9-23(16-20)30-18-24-10-5-15-29-24)17-26-19-11-13-22(14-12-19)31-21-7-2-1-3-8-21/h1-4,6-9,11-14,16,24,26H,5,10,15,17-18H2,(H,27,28). The number of benzene rings is 3. The van der Waals surface area contributed by atoms with Gasteiger partial charge in [-0.2, -0.15) is 0 Å². The maximum Gasteiger partial charge on any atom is 0.243 e. The lowest BCUT2D eigenvalue weighted by atomic mass is 10.2. The first-order valence-electron chi connectivity index (χ1n) is 10.5. The van der Waals surface area contributed by atoms with Gasteiger partial charge in [-0.3, -0.25) is 4.79 Å². The molecule has 1 fully saturated rings. The normalized spacial score (nSPS) is 15.3. The smallest absolute Gasteiger partial charge is 0.243 e. The van der Waals surface area contributed by atoms with Crippen LogP contribution in [0, 0.1) is 0 Å². The molecule has 6 nitrogen and oxygen atoms in total. The predicted molar refractivity (Wildman–Crippen MR) is 121 cm³/mol. The van der Waals surface area contributed by atoms with Gasteiger partial charge in [-0.25, -0.2) is 0 Å². The lowest BCUT2D eigenvalue weighted by Gasteiger charge is -2.13. The third-order valence-electron chi connectivity index (χ3n) is 4.86. The van der Waals surface area contributed by atoms with Crippen molar-refractivity contribution in [2.24, 2.45) is 0 Å². The predicted octanol–water partition coefficient (Wildman–Crippen LogP) is 5.09. The second-order valence-electron chi connectivity index (χ2n) is 7.32. The fourth-order valence-corrected chi connectivity index (χ4v) is 3.28. The molecule has 1 aliphatic rings. The van der Waals surface area contributed by atoms with Gasteiger partial charge in [-0.15, -0.1) is 0 Å². The first-order chi connectivity index (χ1) is 15.2. The molecule has 6 heteroatoms. The lowest BCUT2D eigenvalue weighted by molar-refractivity contribution is -0.114. The minimum absolute atomic E-state index is 0.138. The molecule has 0 aliphatic carbocycles. The second kappa shape index (κ2) is 10.5. The molecule has 2 N–H and O–H groups in total. The van der Waals surface area contributed by atoms with E-state index in [1.807, 2.05) is 78.9 Å². The highest BCUT2D eigenvalue weighted by Crippen LogP contribution is 2.23. The molecule has 160 valence electrons. The van der Waals surface area contributed by atoms with E-state index >= 15 is 0 Å². The average Bonchev–Trinajstić information content (AvgIpc) is 3.32. The van der Waals surface area contributed by atoms with Gasteiger partial charge in [0.25, 0.3) is 0 Å². The number of rotatable bonds is 9. The maximum atomic E-state index is 12.3. The molecule has 31 heavy (non-hydrogen) atoms. The van der Waals surface area contributed by atoms with E-state index < -0.39 is 0 Å². The van der Waals surface area contributed by atoms with E-state index in [9.17, 15) is 4.79 Å². The Balaban J connectivity index is 1.23. The fraction of sp³-hybridized carbons (Fsp3) is 0.240. The van der Waals surface area contributed by atoms with Crippen molar-refractivity contribution in [3.8, 4) is 17.2 Å². The van der Waals surface area contributed by atoms with Crippen molar-refractivity contribution in [1.29, 1.82) is 0 Å². The topological polar surface area (TPSA) is 68.8 Å². The molecule has 1 aliphatic heterocycles. The van der Waals surface area contributed by atoms with Crippen molar-refractivity contribution < 1.29 is 19.0 Å². The number of nitrogens with one attached hydrogen (secondary N) is 2. The largest absolute Gasteiger partial charge is 0.491 e. The first-order valence-corrected chi connectivity index (χ1v) is 10.5. The molecule has 0 aromatic heterocycles. The molecular formula is C25H26N2O4. The van der Waals surface area contributed by atoms with Gasteiger partial charge in [0.1, 0.15) is 23.9 Å². The van der Waals surface area contributed by atoms with Gasteiger partial charge in [0.05, 0.1) is 12.6 Å². The van der Waals surface area contributed by atoms with E-state index in [0.717, 1.165) is 42.4 Å². The SMILES string of the molecule is O=C(CNc1ccc(Oc2ccccc2)cc1)Nc1cccc(OCC2CCCO2)c1. The van der Waals surface area contributed by atoms with Gasteiger partial charge in [0, 0.05) is 24.0 Å². The van der Waals surface area contributed by atoms with E-state index in [2.05, 4.69) is 10.6 Å². The lowest BCUT2D eigenvalue weighted by Crippen LogP contribution is -2.21. The Morgan fingerprint density at radius 1 is 0.903 bits per heavy atom. The molecule has 1 amide bonds. The van der Waals surface area contributed by atoms with Crippen LogP contribution in [0.5, 0.6) is 17.2 Å². The van der Waals surface area contributed by atoms with Crippen LogP contribution in [0.25, 0.3) is 0 Å². The van der Waals surface area contributed by atoms with Gasteiger partial charge in [0.2, 0.25) is 5.91 Å². The van der Waals surface area contributed by atoms with Gasteiger partial charge in [-0.05, 0) is 61.4 Å². The maximum absolute atomic E-state index is 12.3.